The standard InChI is InChI=1S/C9H19NO/c1-4-7(10)5-6-8-9(2,3)11-8/h7-8H,4-6,10H2,1-3H3/t7-,8?/m1/s1. The molecule has 1 unspecified atom stereocenters. The first-order valence-electron chi connectivity index (χ1n) is 4.49. The Hall–Kier alpha value is -0.0800. The largest absolute Gasteiger partial charge is 0.367 e. The van der Waals surface area contributed by atoms with E-state index in [1.807, 2.05) is 0 Å². The molecule has 2 N–H and O–H groups in total. The fourth-order valence-electron chi connectivity index (χ4n) is 1.31. The van der Waals surface area contributed by atoms with E-state index in [1.54, 1.807) is 0 Å². The number of rotatable bonds is 4. The highest BCUT2D eigenvalue weighted by Gasteiger charge is 2.46. The van der Waals surface area contributed by atoms with Gasteiger partial charge in [0.1, 0.15) is 0 Å². The summed E-state index contributed by atoms with van der Waals surface area (Å²) in [6.07, 6.45) is 3.78. The summed E-state index contributed by atoms with van der Waals surface area (Å²) >= 11 is 0. The Kier molecular flexibility index (Phi) is 2.55. The van der Waals surface area contributed by atoms with Crippen LogP contribution in [0.2, 0.25) is 0 Å². The summed E-state index contributed by atoms with van der Waals surface area (Å²) in [5, 5.41) is 0. The average Bonchev–Trinajstić information content (AvgIpc) is 2.54. The summed E-state index contributed by atoms with van der Waals surface area (Å²) in [7, 11) is 0. The summed E-state index contributed by atoms with van der Waals surface area (Å²) in [6.45, 7) is 6.40. The van der Waals surface area contributed by atoms with Gasteiger partial charge < -0.3 is 10.5 Å². The molecule has 2 heteroatoms. The summed E-state index contributed by atoms with van der Waals surface area (Å²) in [4.78, 5) is 0. The van der Waals surface area contributed by atoms with Crippen LogP contribution in [0.25, 0.3) is 0 Å². The maximum absolute atomic E-state index is 5.78. The van der Waals surface area contributed by atoms with Crippen LogP contribution in [0, 0.1) is 0 Å². The van der Waals surface area contributed by atoms with Crippen LogP contribution in [-0.2, 0) is 4.74 Å². The van der Waals surface area contributed by atoms with E-state index in [-0.39, 0.29) is 5.60 Å². The lowest BCUT2D eigenvalue weighted by Gasteiger charge is -2.06. The summed E-state index contributed by atoms with van der Waals surface area (Å²) < 4.78 is 5.44. The molecule has 1 rings (SSSR count). The number of ether oxygens (including phenoxy) is 1. The highest BCUT2D eigenvalue weighted by molar-refractivity contribution is 4.94. The molecular weight excluding hydrogens is 138 g/mol. The smallest absolute Gasteiger partial charge is 0.0892 e. The van der Waals surface area contributed by atoms with Gasteiger partial charge in [-0.2, -0.15) is 0 Å². The van der Waals surface area contributed by atoms with Gasteiger partial charge in [0, 0.05) is 6.04 Å². The lowest BCUT2D eigenvalue weighted by molar-refractivity contribution is 0.316. The lowest BCUT2D eigenvalue weighted by Crippen LogP contribution is -2.19. The van der Waals surface area contributed by atoms with Gasteiger partial charge >= 0.3 is 0 Å². The summed E-state index contributed by atoms with van der Waals surface area (Å²) in [5.41, 5.74) is 5.93. The van der Waals surface area contributed by atoms with Crippen molar-refractivity contribution < 1.29 is 4.74 Å². The van der Waals surface area contributed by atoms with Gasteiger partial charge in [-0.3, -0.25) is 0 Å². The van der Waals surface area contributed by atoms with Crippen molar-refractivity contribution in [2.75, 3.05) is 0 Å². The molecule has 0 spiro atoms. The van der Waals surface area contributed by atoms with Crippen molar-refractivity contribution in [1.82, 2.24) is 0 Å². The van der Waals surface area contributed by atoms with Crippen LogP contribution in [0.5, 0.6) is 0 Å². The molecule has 1 aliphatic heterocycles. The fourth-order valence-corrected chi connectivity index (χ4v) is 1.31. The van der Waals surface area contributed by atoms with Crippen molar-refractivity contribution in [1.29, 1.82) is 0 Å². The Morgan fingerprint density at radius 2 is 2.09 bits per heavy atom. The third kappa shape index (κ3) is 2.46. The molecule has 0 aromatic rings. The maximum Gasteiger partial charge on any atom is 0.0892 e. The monoisotopic (exact) mass is 157 g/mol. The first-order chi connectivity index (χ1) is 5.06. The summed E-state index contributed by atoms with van der Waals surface area (Å²) in [6, 6.07) is 0.370. The minimum Gasteiger partial charge on any atom is -0.367 e. The minimum atomic E-state index is 0.146. The fraction of sp³-hybridized carbons (Fsp3) is 1.00. The third-order valence-corrected chi connectivity index (χ3v) is 2.49. The van der Waals surface area contributed by atoms with E-state index in [2.05, 4.69) is 20.8 Å². The van der Waals surface area contributed by atoms with E-state index in [9.17, 15) is 0 Å². The molecule has 1 heterocycles. The van der Waals surface area contributed by atoms with Gasteiger partial charge in [-0.25, -0.2) is 0 Å². The Morgan fingerprint density at radius 3 is 2.45 bits per heavy atom. The minimum absolute atomic E-state index is 0.146. The Balaban J connectivity index is 2.06. The van der Waals surface area contributed by atoms with E-state index in [0.29, 0.717) is 12.1 Å². The third-order valence-electron chi connectivity index (χ3n) is 2.49. The molecular formula is C9H19NO. The average molecular weight is 157 g/mol. The van der Waals surface area contributed by atoms with Crippen LogP contribution < -0.4 is 5.73 Å². The molecule has 0 bridgehead atoms. The lowest BCUT2D eigenvalue weighted by atomic mass is 10.0. The second-order valence-corrected chi connectivity index (χ2v) is 3.96. The number of hydrogen-bond donors (Lipinski definition) is 1. The van der Waals surface area contributed by atoms with Gasteiger partial charge in [0.2, 0.25) is 0 Å². The normalized spacial score (nSPS) is 30.0. The molecule has 0 aromatic heterocycles. The molecule has 66 valence electrons. The SMILES string of the molecule is CC[C@@H](N)CCC1OC1(C)C. The van der Waals surface area contributed by atoms with Crippen molar-refractivity contribution in [3.63, 3.8) is 0 Å². The molecule has 11 heavy (non-hydrogen) atoms. The van der Waals surface area contributed by atoms with E-state index in [4.69, 9.17) is 10.5 Å². The highest BCUT2D eigenvalue weighted by atomic mass is 16.6. The van der Waals surface area contributed by atoms with Gasteiger partial charge in [-0.05, 0) is 33.1 Å². The Bertz CT molecular complexity index is 134. The van der Waals surface area contributed by atoms with Crippen LogP contribution in [-0.4, -0.2) is 17.7 Å². The first kappa shape index (κ1) is 9.01. The van der Waals surface area contributed by atoms with Gasteiger partial charge in [-0.15, -0.1) is 0 Å². The molecule has 1 saturated heterocycles. The number of nitrogens with two attached hydrogens (primary N) is 1. The zero-order valence-electron chi connectivity index (χ0n) is 7.76. The van der Waals surface area contributed by atoms with Crippen molar-refractivity contribution >= 4 is 0 Å². The van der Waals surface area contributed by atoms with Crippen molar-refractivity contribution in [2.45, 2.75) is 57.8 Å². The second kappa shape index (κ2) is 3.11. The number of hydrogen-bond acceptors (Lipinski definition) is 2. The van der Waals surface area contributed by atoms with E-state index in [0.717, 1.165) is 19.3 Å². The quantitative estimate of drug-likeness (QED) is 0.630. The van der Waals surface area contributed by atoms with Gasteiger partial charge in [0.05, 0.1) is 11.7 Å². The van der Waals surface area contributed by atoms with Crippen LogP contribution in [0.4, 0.5) is 0 Å². The topological polar surface area (TPSA) is 38.5 Å². The van der Waals surface area contributed by atoms with Crippen molar-refractivity contribution in [3.8, 4) is 0 Å². The second-order valence-electron chi connectivity index (χ2n) is 3.96. The molecule has 0 amide bonds. The molecule has 0 aromatic carbocycles. The zero-order chi connectivity index (χ0) is 8.48. The predicted octanol–water partition coefficient (Wildman–Crippen LogP) is 1.68. The van der Waals surface area contributed by atoms with Gasteiger partial charge in [-0.1, -0.05) is 6.92 Å². The van der Waals surface area contributed by atoms with E-state index < -0.39 is 0 Å². The molecule has 0 saturated carbocycles. The zero-order valence-corrected chi connectivity index (χ0v) is 7.76. The Labute approximate surface area is 69.1 Å². The maximum atomic E-state index is 5.78. The molecule has 1 aliphatic rings. The van der Waals surface area contributed by atoms with Crippen molar-refractivity contribution in [3.05, 3.63) is 0 Å². The van der Waals surface area contributed by atoms with Crippen molar-refractivity contribution in [2.24, 2.45) is 5.73 Å². The van der Waals surface area contributed by atoms with Gasteiger partial charge in [0.15, 0.2) is 0 Å². The molecule has 0 aliphatic carbocycles. The predicted molar refractivity (Wildman–Crippen MR) is 46.5 cm³/mol. The van der Waals surface area contributed by atoms with E-state index in [1.165, 1.54) is 0 Å². The van der Waals surface area contributed by atoms with Crippen LogP contribution >= 0.6 is 0 Å². The summed E-state index contributed by atoms with van der Waals surface area (Å²) in [5.74, 6) is 0. The molecule has 2 nitrogen and oxygen atoms in total. The molecule has 0 radical (unpaired) electrons. The number of epoxide rings is 1. The molecule has 1 fully saturated rings. The van der Waals surface area contributed by atoms with Crippen LogP contribution in [0.15, 0.2) is 0 Å². The first-order valence-corrected chi connectivity index (χ1v) is 4.49. The Morgan fingerprint density at radius 1 is 1.55 bits per heavy atom. The van der Waals surface area contributed by atoms with Gasteiger partial charge in [0.25, 0.3) is 0 Å². The molecule has 2 atom stereocenters. The van der Waals surface area contributed by atoms with Crippen LogP contribution in [0.3, 0.4) is 0 Å². The van der Waals surface area contributed by atoms with Crippen LogP contribution in [0.1, 0.15) is 40.0 Å². The van der Waals surface area contributed by atoms with E-state index >= 15 is 0 Å². The highest BCUT2D eigenvalue weighted by Crippen LogP contribution is 2.38.